The van der Waals surface area contributed by atoms with Gasteiger partial charge >= 0.3 is 6.18 Å². The Morgan fingerprint density at radius 2 is 2.00 bits per heavy atom. The van der Waals surface area contributed by atoms with Crippen LogP contribution in [0.2, 0.25) is 5.02 Å². The van der Waals surface area contributed by atoms with Crippen LogP contribution in [0.3, 0.4) is 0 Å². The van der Waals surface area contributed by atoms with E-state index in [9.17, 15) is 18.0 Å². The first kappa shape index (κ1) is 17.9. The normalized spacial score (nSPS) is 11.6. The van der Waals surface area contributed by atoms with Gasteiger partial charge in [0.15, 0.2) is 11.5 Å². The van der Waals surface area contributed by atoms with Crippen molar-refractivity contribution in [2.24, 2.45) is 7.05 Å². The monoisotopic (exact) mass is 385 g/mol. The Bertz CT molecular complexity index is 948. The summed E-state index contributed by atoms with van der Waals surface area (Å²) in [6.45, 7) is 0. The van der Waals surface area contributed by atoms with Gasteiger partial charge in [-0.15, -0.1) is 0 Å². The van der Waals surface area contributed by atoms with E-state index in [1.165, 1.54) is 37.6 Å². The molecule has 1 N–H and O–H groups in total. The summed E-state index contributed by atoms with van der Waals surface area (Å²) >= 11 is 5.85. The number of aromatic amines is 1. The number of nitrogens with zero attached hydrogens (tertiary/aromatic N) is 6. The summed E-state index contributed by atoms with van der Waals surface area (Å²) in [5.74, 6) is -0.308. The summed E-state index contributed by atoms with van der Waals surface area (Å²) in [7, 11) is 2.82. The summed E-state index contributed by atoms with van der Waals surface area (Å²) in [5, 5.41) is 9.72. The van der Waals surface area contributed by atoms with Crippen LogP contribution in [-0.2, 0) is 13.2 Å². The summed E-state index contributed by atoms with van der Waals surface area (Å²) < 4.78 is 39.3. The maximum atomic E-state index is 12.7. The molecule has 12 heteroatoms. The number of amides is 1. The zero-order chi connectivity index (χ0) is 19.1. The fourth-order valence-electron chi connectivity index (χ4n) is 2.17. The second-order valence-corrected chi connectivity index (χ2v) is 5.66. The minimum atomic E-state index is -4.56. The summed E-state index contributed by atoms with van der Waals surface area (Å²) in [6.07, 6.45) is -0.750. The minimum absolute atomic E-state index is 0.0847. The Morgan fingerprint density at radius 3 is 2.50 bits per heavy atom. The molecule has 3 aromatic rings. The first-order chi connectivity index (χ1) is 12.2. The van der Waals surface area contributed by atoms with Crippen molar-refractivity contribution >= 4 is 23.3 Å². The molecule has 0 spiro atoms. The smallest absolute Gasteiger partial charge is 0.293 e. The van der Waals surface area contributed by atoms with Crippen molar-refractivity contribution in [1.29, 1.82) is 0 Å². The van der Waals surface area contributed by atoms with Gasteiger partial charge in [0.05, 0.1) is 29.3 Å². The van der Waals surface area contributed by atoms with E-state index in [1.54, 1.807) is 0 Å². The van der Waals surface area contributed by atoms with Crippen LogP contribution in [0.4, 0.5) is 19.0 Å². The van der Waals surface area contributed by atoms with Crippen LogP contribution in [0.15, 0.2) is 24.7 Å². The summed E-state index contributed by atoms with van der Waals surface area (Å²) in [6, 6.07) is 0.878. The third-order valence-corrected chi connectivity index (χ3v) is 3.81. The van der Waals surface area contributed by atoms with Crippen molar-refractivity contribution in [3.05, 3.63) is 41.1 Å². The largest absolute Gasteiger partial charge is 0.435 e. The van der Waals surface area contributed by atoms with Gasteiger partial charge in [0.2, 0.25) is 0 Å². The van der Waals surface area contributed by atoms with E-state index in [1.807, 2.05) is 0 Å². The van der Waals surface area contributed by atoms with E-state index in [0.717, 1.165) is 10.7 Å². The number of H-pyrrole nitrogens is 1. The molecule has 3 rings (SSSR count). The average Bonchev–Trinajstić information content (AvgIpc) is 3.19. The van der Waals surface area contributed by atoms with E-state index in [4.69, 9.17) is 11.6 Å². The zero-order valence-corrected chi connectivity index (χ0v) is 14.2. The fraction of sp³-hybridized carbons (Fsp3) is 0.214. The lowest BCUT2D eigenvalue weighted by Gasteiger charge is -2.15. The first-order valence-electron chi connectivity index (χ1n) is 7.09. The number of carbonyl (C=O) groups excluding carboxylic acids is 1. The predicted octanol–water partition coefficient (Wildman–Crippen LogP) is 2.55. The molecule has 0 radical (unpaired) electrons. The van der Waals surface area contributed by atoms with Crippen LogP contribution in [-0.4, -0.2) is 42.9 Å². The van der Waals surface area contributed by atoms with Gasteiger partial charge in [0.1, 0.15) is 11.4 Å². The highest BCUT2D eigenvalue weighted by Crippen LogP contribution is 2.30. The van der Waals surface area contributed by atoms with Gasteiger partial charge in [-0.3, -0.25) is 19.5 Å². The van der Waals surface area contributed by atoms with Gasteiger partial charge in [-0.25, -0.2) is 9.97 Å². The summed E-state index contributed by atoms with van der Waals surface area (Å²) in [5.41, 5.74) is -0.620. The fourth-order valence-corrected chi connectivity index (χ4v) is 2.34. The highest BCUT2D eigenvalue weighted by Gasteiger charge is 2.35. The molecule has 136 valence electrons. The Hall–Kier alpha value is -2.95. The molecule has 0 aliphatic carbocycles. The van der Waals surface area contributed by atoms with Gasteiger partial charge in [-0.2, -0.15) is 23.4 Å². The molecule has 0 bridgehead atoms. The van der Waals surface area contributed by atoms with Crippen LogP contribution in [0.1, 0.15) is 16.2 Å². The van der Waals surface area contributed by atoms with Gasteiger partial charge in [-0.05, 0) is 6.07 Å². The van der Waals surface area contributed by atoms with E-state index < -0.39 is 17.8 Å². The molecule has 8 nitrogen and oxygen atoms in total. The first-order valence-corrected chi connectivity index (χ1v) is 7.47. The van der Waals surface area contributed by atoms with E-state index in [2.05, 4.69) is 25.3 Å². The van der Waals surface area contributed by atoms with Gasteiger partial charge in [0, 0.05) is 14.1 Å². The molecule has 3 heterocycles. The van der Waals surface area contributed by atoms with Crippen molar-refractivity contribution in [2.45, 2.75) is 6.18 Å². The highest BCUT2D eigenvalue weighted by molar-refractivity contribution is 6.34. The maximum absolute atomic E-state index is 12.7. The quantitative estimate of drug-likeness (QED) is 0.748. The molecular formula is C14H11ClF3N7O. The molecule has 0 atom stereocenters. The number of rotatable bonds is 3. The SMILES string of the molecule is CN(C(=O)c1[nH]ncc1Cl)c1cnc(-c2cc(C(F)(F)F)nn2C)cn1. The maximum Gasteiger partial charge on any atom is 0.435 e. The number of aryl methyl sites for hydroxylation is 1. The van der Waals surface area contributed by atoms with E-state index in [0.29, 0.717) is 0 Å². The molecule has 26 heavy (non-hydrogen) atoms. The molecular weight excluding hydrogens is 375 g/mol. The van der Waals surface area contributed by atoms with Crippen molar-refractivity contribution in [2.75, 3.05) is 11.9 Å². The van der Waals surface area contributed by atoms with Crippen LogP contribution in [0.25, 0.3) is 11.4 Å². The molecule has 0 unspecified atom stereocenters. The lowest BCUT2D eigenvalue weighted by Crippen LogP contribution is -2.27. The van der Waals surface area contributed by atoms with Crippen molar-refractivity contribution in [3.63, 3.8) is 0 Å². The van der Waals surface area contributed by atoms with Gasteiger partial charge in [0.25, 0.3) is 5.91 Å². The molecule has 0 saturated carbocycles. The number of anilines is 1. The topological polar surface area (TPSA) is 92.6 Å². The number of hydrogen-bond acceptors (Lipinski definition) is 5. The van der Waals surface area contributed by atoms with E-state index >= 15 is 0 Å². The Morgan fingerprint density at radius 1 is 1.27 bits per heavy atom. The number of aromatic nitrogens is 6. The molecule has 0 saturated heterocycles. The Balaban J connectivity index is 1.86. The predicted molar refractivity (Wildman–Crippen MR) is 85.6 cm³/mol. The summed E-state index contributed by atoms with van der Waals surface area (Å²) in [4.78, 5) is 21.6. The van der Waals surface area contributed by atoms with Crippen LogP contribution in [0, 0.1) is 0 Å². The minimum Gasteiger partial charge on any atom is -0.293 e. The lowest BCUT2D eigenvalue weighted by atomic mass is 10.3. The van der Waals surface area contributed by atoms with Gasteiger partial charge in [-0.1, -0.05) is 11.6 Å². The van der Waals surface area contributed by atoms with Gasteiger partial charge < -0.3 is 0 Å². The third-order valence-electron chi connectivity index (χ3n) is 3.53. The number of halogens is 4. The van der Waals surface area contributed by atoms with Crippen LogP contribution >= 0.6 is 11.6 Å². The number of hydrogen-bond donors (Lipinski definition) is 1. The Labute approximate surface area is 149 Å². The lowest BCUT2D eigenvalue weighted by molar-refractivity contribution is -0.141. The second-order valence-electron chi connectivity index (χ2n) is 5.25. The van der Waals surface area contributed by atoms with Crippen molar-refractivity contribution in [1.82, 2.24) is 29.9 Å². The van der Waals surface area contributed by atoms with E-state index in [-0.39, 0.29) is 27.9 Å². The highest BCUT2D eigenvalue weighted by atomic mass is 35.5. The van der Waals surface area contributed by atoms with Crippen LogP contribution in [0.5, 0.6) is 0 Å². The average molecular weight is 386 g/mol. The molecule has 0 aliphatic rings. The van der Waals surface area contributed by atoms with Crippen LogP contribution < -0.4 is 4.90 Å². The molecule has 1 amide bonds. The van der Waals surface area contributed by atoms with Crippen molar-refractivity contribution < 1.29 is 18.0 Å². The number of nitrogens with one attached hydrogen (secondary N) is 1. The molecule has 0 aliphatic heterocycles. The second kappa shape index (κ2) is 6.41. The number of carbonyl (C=O) groups is 1. The Kier molecular flexibility index (Phi) is 4.40. The number of alkyl halides is 3. The standard InChI is InChI=1S/C14H11ClF3N7O/c1-24(13(26)12-7(15)4-21-22-12)11-6-19-8(5-20-11)9-3-10(14(16,17)18)23-25(9)2/h3-6H,1-2H3,(H,21,22). The third kappa shape index (κ3) is 3.25. The zero-order valence-electron chi connectivity index (χ0n) is 13.4. The molecule has 3 aromatic heterocycles. The molecule has 0 fully saturated rings. The molecule has 0 aromatic carbocycles. The van der Waals surface area contributed by atoms with Crippen molar-refractivity contribution in [3.8, 4) is 11.4 Å².